The van der Waals surface area contributed by atoms with Gasteiger partial charge in [-0.15, -0.1) is 5.10 Å². The van der Waals surface area contributed by atoms with Crippen molar-refractivity contribution < 1.29 is 0 Å². The lowest BCUT2D eigenvalue weighted by Crippen LogP contribution is -1.90. The largest absolute Gasteiger partial charge is 0.258 e. The van der Waals surface area contributed by atoms with E-state index in [4.69, 9.17) is 4.98 Å². The molecule has 4 aromatic rings. The monoisotopic (exact) mass is 274 g/mol. The molecule has 0 aliphatic rings. The maximum absolute atomic E-state index is 4.72. The molecule has 0 bridgehead atoms. The first kappa shape index (κ1) is 12.0. The average Bonchev–Trinajstić information content (AvgIpc) is 2.91. The molecule has 102 valence electrons. The minimum absolute atomic E-state index is 0.736. The number of rotatable bonds is 1. The molecular weight excluding hydrogens is 260 g/mol. The lowest BCUT2D eigenvalue weighted by Gasteiger charge is -1.99. The summed E-state index contributed by atoms with van der Waals surface area (Å²) in [6.45, 7) is 3.98. The first-order chi connectivity index (χ1) is 10.2. The summed E-state index contributed by atoms with van der Waals surface area (Å²) in [7, 11) is 0. The molecule has 4 heteroatoms. The summed E-state index contributed by atoms with van der Waals surface area (Å²) in [5, 5.41) is 6.88. The SMILES string of the molecule is Cc1cc(-c2nc3c4ccccc4ccn3n2)cc(C)n1. The molecule has 0 atom stereocenters. The summed E-state index contributed by atoms with van der Waals surface area (Å²) in [4.78, 5) is 9.12. The Morgan fingerprint density at radius 1 is 0.905 bits per heavy atom. The van der Waals surface area contributed by atoms with Crippen molar-refractivity contribution in [2.45, 2.75) is 13.8 Å². The highest BCUT2D eigenvalue weighted by Gasteiger charge is 2.10. The smallest absolute Gasteiger partial charge is 0.182 e. The molecule has 0 unspecified atom stereocenters. The lowest BCUT2D eigenvalue weighted by atomic mass is 10.2. The Balaban J connectivity index is 2.00. The fourth-order valence-electron chi connectivity index (χ4n) is 2.69. The van der Waals surface area contributed by atoms with Gasteiger partial charge in [-0.1, -0.05) is 24.3 Å². The molecule has 0 N–H and O–H groups in total. The van der Waals surface area contributed by atoms with E-state index >= 15 is 0 Å². The van der Waals surface area contributed by atoms with Crippen molar-refractivity contribution in [3.8, 4) is 11.4 Å². The van der Waals surface area contributed by atoms with Crippen LogP contribution in [0.3, 0.4) is 0 Å². The summed E-state index contributed by atoms with van der Waals surface area (Å²) < 4.78 is 1.84. The van der Waals surface area contributed by atoms with Gasteiger partial charge >= 0.3 is 0 Å². The van der Waals surface area contributed by atoms with Crippen LogP contribution in [0.2, 0.25) is 0 Å². The van der Waals surface area contributed by atoms with E-state index in [1.807, 2.05) is 48.8 Å². The van der Waals surface area contributed by atoms with Crippen molar-refractivity contribution in [2.75, 3.05) is 0 Å². The van der Waals surface area contributed by atoms with Crippen LogP contribution in [0, 0.1) is 13.8 Å². The molecule has 4 nitrogen and oxygen atoms in total. The zero-order chi connectivity index (χ0) is 14.4. The molecular formula is C17H14N4. The zero-order valence-corrected chi connectivity index (χ0v) is 11.9. The topological polar surface area (TPSA) is 43.1 Å². The molecule has 4 rings (SSSR count). The summed E-state index contributed by atoms with van der Waals surface area (Å²) in [6, 6.07) is 14.3. The maximum atomic E-state index is 4.72. The Labute approximate surface area is 122 Å². The molecule has 1 aromatic carbocycles. The van der Waals surface area contributed by atoms with Gasteiger partial charge in [0.05, 0.1) is 0 Å². The number of hydrogen-bond donors (Lipinski definition) is 0. The normalized spacial score (nSPS) is 11.3. The van der Waals surface area contributed by atoms with Crippen molar-refractivity contribution in [3.63, 3.8) is 0 Å². The number of pyridine rings is 2. The Morgan fingerprint density at radius 3 is 2.48 bits per heavy atom. The fourth-order valence-corrected chi connectivity index (χ4v) is 2.69. The molecule has 0 aliphatic carbocycles. The van der Waals surface area contributed by atoms with Crippen molar-refractivity contribution >= 4 is 16.4 Å². The number of nitrogens with zero attached hydrogens (tertiary/aromatic N) is 4. The summed E-state index contributed by atoms with van der Waals surface area (Å²) >= 11 is 0. The van der Waals surface area contributed by atoms with E-state index in [0.717, 1.165) is 33.8 Å². The third-order valence-corrected chi connectivity index (χ3v) is 3.57. The molecule has 0 aliphatic heterocycles. The molecule has 3 aromatic heterocycles. The minimum Gasteiger partial charge on any atom is -0.258 e. The van der Waals surface area contributed by atoms with Gasteiger partial charge in [0.2, 0.25) is 0 Å². The van der Waals surface area contributed by atoms with Gasteiger partial charge in [-0.25, -0.2) is 9.50 Å². The van der Waals surface area contributed by atoms with Gasteiger partial charge in [-0.2, -0.15) is 0 Å². The second-order valence-corrected chi connectivity index (χ2v) is 5.25. The zero-order valence-electron chi connectivity index (χ0n) is 11.9. The second-order valence-electron chi connectivity index (χ2n) is 5.25. The van der Waals surface area contributed by atoms with Gasteiger partial charge < -0.3 is 0 Å². The lowest BCUT2D eigenvalue weighted by molar-refractivity contribution is 0.970. The van der Waals surface area contributed by atoms with Crippen LogP contribution in [-0.4, -0.2) is 19.6 Å². The third-order valence-electron chi connectivity index (χ3n) is 3.57. The van der Waals surface area contributed by atoms with Gasteiger partial charge in [0.25, 0.3) is 0 Å². The highest BCUT2D eigenvalue weighted by molar-refractivity contribution is 5.94. The van der Waals surface area contributed by atoms with E-state index in [0.29, 0.717) is 0 Å². The average molecular weight is 274 g/mol. The minimum atomic E-state index is 0.736. The summed E-state index contributed by atoms with van der Waals surface area (Å²) in [5.74, 6) is 0.736. The molecule has 0 fully saturated rings. The number of fused-ring (bicyclic) bond motifs is 3. The summed E-state index contributed by atoms with van der Waals surface area (Å²) in [5.41, 5.74) is 3.85. The number of benzene rings is 1. The van der Waals surface area contributed by atoms with Crippen molar-refractivity contribution in [3.05, 3.63) is 60.0 Å². The van der Waals surface area contributed by atoms with Crippen LogP contribution in [0.1, 0.15) is 11.4 Å². The van der Waals surface area contributed by atoms with Gasteiger partial charge in [0.15, 0.2) is 11.5 Å². The van der Waals surface area contributed by atoms with Crippen LogP contribution in [0.25, 0.3) is 27.8 Å². The Morgan fingerprint density at radius 2 is 1.67 bits per heavy atom. The molecule has 0 radical (unpaired) electrons. The van der Waals surface area contributed by atoms with E-state index in [1.54, 1.807) is 0 Å². The Hall–Kier alpha value is -2.75. The third kappa shape index (κ3) is 1.96. The standard InChI is InChI=1S/C17H14N4/c1-11-9-14(10-12(2)18-11)16-19-17-15-6-4-3-5-13(15)7-8-21(17)20-16/h3-10H,1-2H3. The molecule has 21 heavy (non-hydrogen) atoms. The highest BCUT2D eigenvalue weighted by Crippen LogP contribution is 2.22. The second kappa shape index (κ2) is 4.38. The molecule has 0 amide bonds. The number of hydrogen-bond acceptors (Lipinski definition) is 3. The molecule has 0 spiro atoms. The van der Waals surface area contributed by atoms with E-state index in [-0.39, 0.29) is 0 Å². The number of aryl methyl sites for hydroxylation is 2. The maximum Gasteiger partial charge on any atom is 0.182 e. The van der Waals surface area contributed by atoms with E-state index in [1.165, 1.54) is 5.39 Å². The molecule has 0 saturated heterocycles. The Bertz CT molecular complexity index is 949. The van der Waals surface area contributed by atoms with Crippen LogP contribution >= 0.6 is 0 Å². The highest BCUT2D eigenvalue weighted by atomic mass is 15.3. The van der Waals surface area contributed by atoms with Gasteiger partial charge in [-0.3, -0.25) is 4.98 Å². The first-order valence-electron chi connectivity index (χ1n) is 6.90. The Kier molecular flexibility index (Phi) is 2.51. The van der Waals surface area contributed by atoms with Crippen LogP contribution < -0.4 is 0 Å². The van der Waals surface area contributed by atoms with Gasteiger partial charge in [-0.05, 0) is 37.4 Å². The van der Waals surface area contributed by atoms with Crippen LogP contribution in [0.15, 0.2) is 48.7 Å². The van der Waals surface area contributed by atoms with Crippen LogP contribution in [0.5, 0.6) is 0 Å². The number of aromatic nitrogens is 4. The quantitative estimate of drug-likeness (QED) is 0.533. The van der Waals surface area contributed by atoms with Crippen molar-refractivity contribution in [1.82, 2.24) is 19.6 Å². The molecule has 0 saturated carbocycles. The van der Waals surface area contributed by atoms with E-state index in [9.17, 15) is 0 Å². The summed E-state index contributed by atoms with van der Waals surface area (Å²) in [6.07, 6.45) is 1.95. The van der Waals surface area contributed by atoms with Crippen molar-refractivity contribution in [1.29, 1.82) is 0 Å². The fraction of sp³-hybridized carbons (Fsp3) is 0.118. The van der Waals surface area contributed by atoms with Crippen LogP contribution in [0.4, 0.5) is 0 Å². The van der Waals surface area contributed by atoms with Gasteiger partial charge in [0.1, 0.15) is 0 Å². The van der Waals surface area contributed by atoms with Gasteiger partial charge in [0, 0.05) is 28.5 Å². The van der Waals surface area contributed by atoms with Crippen LogP contribution in [-0.2, 0) is 0 Å². The first-order valence-corrected chi connectivity index (χ1v) is 6.90. The predicted octanol–water partition coefficient (Wildman–Crippen LogP) is 3.56. The predicted molar refractivity (Wildman–Crippen MR) is 83.2 cm³/mol. The van der Waals surface area contributed by atoms with E-state index < -0.39 is 0 Å². The van der Waals surface area contributed by atoms with E-state index in [2.05, 4.69) is 28.3 Å². The molecule has 3 heterocycles. The van der Waals surface area contributed by atoms with Crippen molar-refractivity contribution in [2.24, 2.45) is 0 Å².